The van der Waals surface area contributed by atoms with Crippen molar-refractivity contribution in [2.24, 2.45) is 5.92 Å². The molecule has 1 saturated carbocycles. The Labute approximate surface area is 198 Å². The number of nitrogens with one attached hydrogen (secondary N) is 2. The van der Waals surface area contributed by atoms with Gasteiger partial charge in [-0.2, -0.15) is 0 Å². The van der Waals surface area contributed by atoms with Gasteiger partial charge in [0.05, 0.1) is 31.7 Å². The highest BCUT2D eigenvalue weighted by atomic mass is 35.5. The SMILES string of the molecule is O=C(CSc1nc2ccc(NC(=O)C3CCCCC3)cc2s1)Nc1c(Cl)cccc1Cl. The summed E-state index contributed by atoms with van der Waals surface area (Å²) in [7, 11) is 0. The number of nitrogens with zero attached hydrogens (tertiary/aromatic N) is 1. The van der Waals surface area contributed by atoms with Crippen LogP contribution in [0.25, 0.3) is 10.2 Å². The maximum absolute atomic E-state index is 12.5. The highest BCUT2D eigenvalue weighted by Gasteiger charge is 2.21. The summed E-state index contributed by atoms with van der Waals surface area (Å²) < 4.78 is 1.75. The van der Waals surface area contributed by atoms with Crippen molar-refractivity contribution in [1.82, 2.24) is 4.98 Å². The molecular weight excluding hydrogens is 473 g/mol. The van der Waals surface area contributed by atoms with Crippen molar-refractivity contribution in [3.8, 4) is 0 Å². The molecular formula is C22H21Cl2N3O2S2. The monoisotopic (exact) mass is 493 g/mol. The smallest absolute Gasteiger partial charge is 0.234 e. The molecule has 2 aromatic carbocycles. The maximum Gasteiger partial charge on any atom is 0.234 e. The number of hydrogen-bond acceptors (Lipinski definition) is 5. The Kier molecular flexibility index (Phi) is 7.38. The Balaban J connectivity index is 1.36. The molecule has 4 rings (SSSR count). The molecule has 1 aliphatic carbocycles. The molecule has 2 amide bonds. The van der Waals surface area contributed by atoms with Gasteiger partial charge in [0.1, 0.15) is 0 Å². The zero-order valence-corrected chi connectivity index (χ0v) is 19.8. The number of hydrogen-bond donors (Lipinski definition) is 2. The van der Waals surface area contributed by atoms with E-state index in [0.717, 1.165) is 45.9 Å². The predicted octanol–water partition coefficient (Wildman–Crippen LogP) is 6.85. The number of thiazole rings is 1. The van der Waals surface area contributed by atoms with Crippen molar-refractivity contribution in [3.63, 3.8) is 0 Å². The van der Waals surface area contributed by atoms with Gasteiger partial charge in [0.15, 0.2) is 4.34 Å². The van der Waals surface area contributed by atoms with E-state index in [-0.39, 0.29) is 23.5 Å². The lowest BCUT2D eigenvalue weighted by atomic mass is 9.88. The molecule has 1 aromatic heterocycles. The van der Waals surface area contributed by atoms with Gasteiger partial charge in [-0.05, 0) is 43.2 Å². The number of thioether (sulfide) groups is 1. The third-order valence-electron chi connectivity index (χ3n) is 5.17. The van der Waals surface area contributed by atoms with Crippen LogP contribution in [0.3, 0.4) is 0 Å². The minimum absolute atomic E-state index is 0.105. The minimum atomic E-state index is -0.209. The third-order valence-corrected chi connectivity index (χ3v) is 7.96. The molecule has 0 radical (unpaired) electrons. The summed E-state index contributed by atoms with van der Waals surface area (Å²) in [5, 5.41) is 6.59. The Bertz CT molecular complexity index is 1090. The Hall–Kier alpha value is -1.80. The number of rotatable bonds is 6. The summed E-state index contributed by atoms with van der Waals surface area (Å²) in [4.78, 5) is 29.4. The number of carbonyl (C=O) groups excluding carboxylic acids is 2. The van der Waals surface area contributed by atoms with Gasteiger partial charge in [0.2, 0.25) is 11.8 Å². The quantitative estimate of drug-likeness (QED) is 0.368. The van der Waals surface area contributed by atoms with Gasteiger partial charge in [-0.25, -0.2) is 4.98 Å². The molecule has 0 atom stereocenters. The van der Waals surface area contributed by atoms with Gasteiger partial charge < -0.3 is 10.6 Å². The molecule has 3 aromatic rings. The fourth-order valence-electron chi connectivity index (χ4n) is 3.57. The fourth-order valence-corrected chi connectivity index (χ4v) is 5.97. The Morgan fingerprint density at radius 2 is 1.81 bits per heavy atom. The molecule has 5 nitrogen and oxygen atoms in total. The minimum Gasteiger partial charge on any atom is -0.326 e. The maximum atomic E-state index is 12.5. The van der Waals surface area contributed by atoms with Crippen LogP contribution in [0.2, 0.25) is 10.0 Å². The first-order valence-electron chi connectivity index (χ1n) is 10.1. The summed E-state index contributed by atoms with van der Waals surface area (Å²) in [6.45, 7) is 0. The highest BCUT2D eigenvalue weighted by Crippen LogP contribution is 2.33. The van der Waals surface area contributed by atoms with Gasteiger partial charge in [0, 0.05) is 11.6 Å². The zero-order chi connectivity index (χ0) is 21.8. The van der Waals surface area contributed by atoms with Crippen LogP contribution in [0.1, 0.15) is 32.1 Å². The van der Waals surface area contributed by atoms with E-state index in [9.17, 15) is 9.59 Å². The average molecular weight is 494 g/mol. The van der Waals surface area contributed by atoms with E-state index < -0.39 is 0 Å². The molecule has 0 saturated heterocycles. The normalized spacial score (nSPS) is 14.5. The molecule has 162 valence electrons. The molecule has 1 heterocycles. The van der Waals surface area contributed by atoms with Crippen LogP contribution in [0.4, 0.5) is 11.4 Å². The van der Waals surface area contributed by atoms with E-state index in [1.54, 1.807) is 18.2 Å². The number of anilines is 2. The van der Waals surface area contributed by atoms with Crippen molar-refractivity contribution in [2.75, 3.05) is 16.4 Å². The van der Waals surface area contributed by atoms with Crippen molar-refractivity contribution < 1.29 is 9.59 Å². The fraction of sp³-hybridized carbons (Fsp3) is 0.318. The first-order chi connectivity index (χ1) is 15.0. The van der Waals surface area contributed by atoms with E-state index in [2.05, 4.69) is 15.6 Å². The number of fused-ring (bicyclic) bond motifs is 1. The summed E-state index contributed by atoms with van der Waals surface area (Å²) in [5.41, 5.74) is 2.05. The first-order valence-corrected chi connectivity index (χ1v) is 12.6. The molecule has 0 aliphatic heterocycles. The topological polar surface area (TPSA) is 71.1 Å². The van der Waals surface area contributed by atoms with Crippen LogP contribution in [0.15, 0.2) is 40.7 Å². The molecule has 31 heavy (non-hydrogen) atoms. The van der Waals surface area contributed by atoms with Crippen LogP contribution in [-0.4, -0.2) is 22.6 Å². The van der Waals surface area contributed by atoms with Crippen LogP contribution < -0.4 is 10.6 Å². The zero-order valence-electron chi connectivity index (χ0n) is 16.6. The number of aromatic nitrogens is 1. The summed E-state index contributed by atoms with van der Waals surface area (Å²) in [5.74, 6) is 0.196. The predicted molar refractivity (Wildman–Crippen MR) is 131 cm³/mol. The number of halogens is 2. The molecule has 0 unspecified atom stereocenters. The van der Waals surface area contributed by atoms with E-state index >= 15 is 0 Å². The van der Waals surface area contributed by atoms with Crippen LogP contribution in [0.5, 0.6) is 0 Å². The lowest BCUT2D eigenvalue weighted by Crippen LogP contribution is -2.24. The Morgan fingerprint density at radius 1 is 1.06 bits per heavy atom. The third kappa shape index (κ3) is 5.71. The molecule has 1 aliphatic rings. The number of benzene rings is 2. The summed E-state index contributed by atoms with van der Waals surface area (Å²) >= 11 is 15.0. The van der Waals surface area contributed by atoms with Crippen molar-refractivity contribution in [3.05, 3.63) is 46.4 Å². The second-order valence-electron chi connectivity index (χ2n) is 7.42. The van der Waals surface area contributed by atoms with E-state index in [4.69, 9.17) is 23.2 Å². The van der Waals surface area contributed by atoms with E-state index in [1.807, 2.05) is 18.2 Å². The van der Waals surface area contributed by atoms with E-state index in [0.29, 0.717) is 15.7 Å². The molecule has 9 heteroatoms. The number of carbonyl (C=O) groups is 2. The highest BCUT2D eigenvalue weighted by molar-refractivity contribution is 8.01. The molecule has 1 fully saturated rings. The average Bonchev–Trinajstić information content (AvgIpc) is 3.18. The largest absolute Gasteiger partial charge is 0.326 e. The standard InChI is InChI=1S/C22H21Cl2N3O2S2/c23-15-7-4-8-16(24)20(15)27-19(28)12-30-22-26-17-10-9-14(11-18(17)31-22)25-21(29)13-5-2-1-3-6-13/h4,7-11,13H,1-3,5-6,12H2,(H,25,29)(H,27,28). The number of amides is 2. The first kappa shape index (κ1) is 22.4. The van der Waals surface area contributed by atoms with Gasteiger partial charge >= 0.3 is 0 Å². The Morgan fingerprint density at radius 3 is 2.55 bits per heavy atom. The van der Waals surface area contributed by atoms with Gasteiger partial charge in [-0.1, -0.05) is 60.3 Å². The van der Waals surface area contributed by atoms with Gasteiger partial charge in [-0.3, -0.25) is 9.59 Å². The van der Waals surface area contributed by atoms with Crippen LogP contribution >= 0.6 is 46.3 Å². The lowest BCUT2D eigenvalue weighted by molar-refractivity contribution is -0.120. The molecule has 0 spiro atoms. The van der Waals surface area contributed by atoms with Crippen molar-refractivity contribution >= 4 is 79.7 Å². The summed E-state index contributed by atoms with van der Waals surface area (Å²) in [6, 6.07) is 10.8. The van der Waals surface area contributed by atoms with Crippen LogP contribution in [-0.2, 0) is 9.59 Å². The van der Waals surface area contributed by atoms with Crippen LogP contribution in [0, 0.1) is 5.92 Å². The van der Waals surface area contributed by atoms with E-state index in [1.165, 1.54) is 29.5 Å². The molecule has 2 N–H and O–H groups in total. The van der Waals surface area contributed by atoms with Crippen molar-refractivity contribution in [1.29, 1.82) is 0 Å². The second kappa shape index (κ2) is 10.2. The lowest BCUT2D eigenvalue weighted by Gasteiger charge is -2.20. The number of para-hydroxylation sites is 1. The van der Waals surface area contributed by atoms with Gasteiger partial charge in [-0.15, -0.1) is 11.3 Å². The summed E-state index contributed by atoms with van der Waals surface area (Å²) in [6.07, 6.45) is 5.42. The van der Waals surface area contributed by atoms with Gasteiger partial charge in [0.25, 0.3) is 0 Å². The van der Waals surface area contributed by atoms with Crippen molar-refractivity contribution in [2.45, 2.75) is 36.4 Å². The second-order valence-corrected chi connectivity index (χ2v) is 10.5. The molecule has 0 bridgehead atoms.